The Morgan fingerprint density at radius 2 is 2.09 bits per heavy atom. The van der Waals surface area contributed by atoms with Crippen molar-refractivity contribution in [2.24, 2.45) is 5.92 Å². The lowest BCUT2D eigenvalue weighted by Gasteiger charge is -2.43. The van der Waals surface area contributed by atoms with Gasteiger partial charge in [0.2, 0.25) is 6.41 Å². The second-order valence-electron chi connectivity index (χ2n) is 6.19. The van der Waals surface area contributed by atoms with Crippen LogP contribution in [0.25, 0.3) is 0 Å². The monoisotopic (exact) mass is 313 g/mol. The van der Waals surface area contributed by atoms with Gasteiger partial charge in [0.15, 0.2) is 0 Å². The van der Waals surface area contributed by atoms with Crippen LogP contribution in [0.2, 0.25) is 0 Å². The molecule has 0 radical (unpaired) electrons. The van der Waals surface area contributed by atoms with Gasteiger partial charge in [-0.25, -0.2) is 4.79 Å². The van der Waals surface area contributed by atoms with Crippen molar-refractivity contribution in [3.8, 4) is 0 Å². The average molecular weight is 313 g/mol. The van der Waals surface area contributed by atoms with Crippen LogP contribution in [-0.2, 0) is 14.3 Å². The number of rotatable bonds is 7. The number of nitrogens with one attached hydrogen (secondary N) is 2. The molecule has 0 spiro atoms. The molecule has 0 amide bonds. The highest BCUT2D eigenvalue weighted by molar-refractivity contribution is 6.19. The van der Waals surface area contributed by atoms with Gasteiger partial charge in [0.25, 0.3) is 0 Å². The number of esters is 1. The third-order valence-electron chi connectivity index (χ3n) is 3.16. The van der Waals surface area contributed by atoms with E-state index < -0.39 is 18.0 Å². The van der Waals surface area contributed by atoms with Crippen molar-refractivity contribution >= 4 is 11.7 Å². The Balaban J connectivity index is 2.59. The molecule has 1 heterocycles. The first kappa shape index (κ1) is 18.6. The maximum absolute atomic E-state index is 11.9. The van der Waals surface area contributed by atoms with Crippen LogP contribution in [0.4, 0.5) is 0 Å². The zero-order valence-corrected chi connectivity index (χ0v) is 14.0. The molecule has 1 rings (SSSR count). The van der Waals surface area contributed by atoms with E-state index in [1.807, 2.05) is 20.8 Å². The number of hydrogen-bond donors (Lipinski definition) is 3. The van der Waals surface area contributed by atoms with Gasteiger partial charge < -0.3 is 25.3 Å². The molecule has 0 aromatic heterocycles. The van der Waals surface area contributed by atoms with Gasteiger partial charge in [0, 0.05) is 32.3 Å². The van der Waals surface area contributed by atoms with Crippen molar-refractivity contribution in [3.05, 3.63) is 11.8 Å². The third-order valence-corrected chi connectivity index (χ3v) is 3.16. The topological polar surface area (TPSA) is 94.9 Å². The normalized spacial score (nSPS) is 18.5. The summed E-state index contributed by atoms with van der Waals surface area (Å²) < 4.78 is 10.4. The molecule has 1 saturated heterocycles. The minimum atomic E-state index is -0.997. The Kier molecular flexibility index (Phi) is 6.52. The summed E-state index contributed by atoms with van der Waals surface area (Å²) >= 11 is 0. The van der Waals surface area contributed by atoms with Crippen molar-refractivity contribution in [2.45, 2.75) is 39.7 Å². The number of ether oxygens (including phenoxy) is 2. The van der Waals surface area contributed by atoms with Gasteiger partial charge in [0.05, 0.1) is 23.5 Å². The van der Waals surface area contributed by atoms with E-state index in [2.05, 4.69) is 5.32 Å². The smallest absolute Gasteiger partial charge is 0.341 e. The summed E-state index contributed by atoms with van der Waals surface area (Å²) in [5.41, 5.74) is -0.00705. The van der Waals surface area contributed by atoms with E-state index in [0.717, 1.165) is 0 Å². The molecular formula is C15H27N3O4. The molecule has 0 bridgehead atoms. The van der Waals surface area contributed by atoms with Gasteiger partial charge in [-0.15, -0.1) is 0 Å². The molecule has 0 saturated carbocycles. The first-order valence-corrected chi connectivity index (χ1v) is 7.43. The molecule has 1 unspecified atom stereocenters. The number of likely N-dealkylation sites (tertiary alicyclic amines) is 1. The van der Waals surface area contributed by atoms with Gasteiger partial charge in [-0.05, 0) is 27.7 Å². The van der Waals surface area contributed by atoms with Gasteiger partial charge in [0.1, 0.15) is 0 Å². The molecule has 1 aliphatic rings. The molecule has 1 fully saturated rings. The Bertz CT molecular complexity index is 437. The van der Waals surface area contributed by atoms with E-state index in [1.165, 1.54) is 6.20 Å². The van der Waals surface area contributed by atoms with E-state index in [-0.39, 0.29) is 23.8 Å². The summed E-state index contributed by atoms with van der Waals surface area (Å²) in [7, 11) is 1.67. The summed E-state index contributed by atoms with van der Waals surface area (Å²) in [6.45, 7) is 8.52. The maximum atomic E-state index is 11.9. The van der Waals surface area contributed by atoms with Crippen LogP contribution in [0.3, 0.4) is 0 Å². The number of carbonyl (C=O) groups excluding carboxylic acids is 1. The van der Waals surface area contributed by atoms with Gasteiger partial charge in [-0.1, -0.05) is 0 Å². The number of aliphatic hydroxyl groups is 1. The molecule has 0 aromatic carbocycles. The highest BCUT2D eigenvalue weighted by atomic mass is 16.6. The number of aliphatic hydroxyl groups excluding tert-OH is 1. The fourth-order valence-electron chi connectivity index (χ4n) is 2.09. The second-order valence-corrected chi connectivity index (χ2v) is 6.19. The van der Waals surface area contributed by atoms with Crippen LogP contribution in [-0.4, -0.2) is 60.4 Å². The first-order valence-electron chi connectivity index (χ1n) is 7.43. The Labute approximate surface area is 131 Å². The number of carbonyl (C=O) groups is 1. The maximum Gasteiger partial charge on any atom is 0.341 e. The van der Waals surface area contributed by atoms with Crippen LogP contribution < -0.4 is 5.32 Å². The summed E-state index contributed by atoms with van der Waals surface area (Å²) in [6.07, 6.45) is 0.480. The minimum Gasteiger partial charge on any atom is -0.462 e. The van der Waals surface area contributed by atoms with Crippen LogP contribution in [0.5, 0.6) is 0 Å². The summed E-state index contributed by atoms with van der Waals surface area (Å²) in [6, 6.07) is 0. The molecule has 3 N–H and O–H groups in total. The molecule has 0 aliphatic carbocycles. The van der Waals surface area contributed by atoms with Crippen molar-refractivity contribution in [3.63, 3.8) is 0 Å². The first-order chi connectivity index (χ1) is 10.2. The van der Waals surface area contributed by atoms with Crippen LogP contribution in [0.15, 0.2) is 11.8 Å². The lowest BCUT2D eigenvalue weighted by Crippen LogP contribution is -2.57. The minimum absolute atomic E-state index is 0.123. The number of hydrogen-bond acceptors (Lipinski definition) is 7. The van der Waals surface area contributed by atoms with Crippen molar-refractivity contribution in [1.29, 1.82) is 5.41 Å². The van der Waals surface area contributed by atoms with Gasteiger partial charge in [-0.3, -0.25) is 4.90 Å². The van der Waals surface area contributed by atoms with Gasteiger partial charge >= 0.3 is 5.97 Å². The van der Waals surface area contributed by atoms with E-state index in [1.54, 1.807) is 18.9 Å². The molecule has 1 atom stereocenters. The highest BCUT2D eigenvalue weighted by Gasteiger charge is 2.38. The standard InChI is InChI=1S/C15H27N3O4/c1-6-21-13(19)11(7-17-5)12(16)10-8-18(9-10)14(20)22-15(2,3)4/h7,10,14,16-17,20H,6,8-9H2,1-5H3/b11-7+,16-12?. The summed E-state index contributed by atoms with van der Waals surface area (Å²) in [5, 5.41) is 20.9. The molecule has 1 aliphatic heterocycles. The Morgan fingerprint density at radius 1 is 1.50 bits per heavy atom. The average Bonchev–Trinajstić information content (AvgIpc) is 2.31. The van der Waals surface area contributed by atoms with Crippen molar-refractivity contribution in [1.82, 2.24) is 10.2 Å². The lowest BCUT2D eigenvalue weighted by atomic mass is 9.90. The summed E-state index contributed by atoms with van der Waals surface area (Å²) in [5.74, 6) is -0.631. The van der Waals surface area contributed by atoms with Crippen LogP contribution >= 0.6 is 0 Å². The fourth-order valence-corrected chi connectivity index (χ4v) is 2.09. The van der Waals surface area contributed by atoms with Crippen LogP contribution in [0.1, 0.15) is 27.7 Å². The molecule has 22 heavy (non-hydrogen) atoms. The highest BCUT2D eigenvalue weighted by Crippen LogP contribution is 2.24. The second kappa shape index (κ2) is 7.71. The SMILES string of the molecule is CCOC(=O)/C(=C/NC)C(=N)C1CN(C(O)OC(C)(C)C)C1. The predicted molar refractivity (Wildman–Crippen MR) is 83.4 cm³/mol. The van der Waals surface area contributed by atoms with E-state index in [9.17, 15) is 9.90 Å². The molecule has 126 valence electrons. The molecule has 7 heteroatoms. The third kappa shape index (κ3) is 5.08. The summed E-state index contributed by atoms with van der Waals surface area (Å²) in [4.78, 5) is 13.6. The molecule has 0 aromatic rings. The Morgan fingerprint density at radius 3 is 2.55 bits per heavy atom. The van der Waals surface area contributed by atoms with Gasteiger partial charge in [-0.2, -0.15) is 0 Å². The molecule has 7 nitrogen and oxygen atoms in total. The van der Waals surface area contributed by atoms with E-state index in [4.69, 9.17) is 14.9 Å². The van der Waals surface area contributed by atoms with E-state index >= 15 is 0 Å². The zero-order chi connectivity index (χ0) is 16.9. The number of nitrogens with zero attached hydrogens (tertiary/aromatic N) is 1. The fraction of sp³-hybridized carbons (Fsp3) is 0.733. The Hall–Kier alpha value is -1.44. The van der Waals surface area contributed by atoms with E-state index in [0.29, 0.717) is 13.1 Å². The molecular weight excluding hydrogens is 286 g/mol. The predicted octanol–water partition coefficient (Wildman–Crippen LogP) is 0.695. The largest absolute Gasteiger partial charge is 0.462 e. The zero-order valence-electron chi connectivity index (χ0n) is 14.0. The quantitative estimate of drug-likeness (QED) is 0.277. The van der Waals surface area contributed by atoms with Crippen molar-refractivity contribution < 1.29 is 19.4 Å². The van der Waals surface area contributed by atoms with Crippen molar-refractivity contribution in [2.75, 3.05) is 26.7 Å². The van der Waals surface area contributed by atoms with Crippen LogP contribution in [0, 0.1) is 11.3 Å². The lowest BCUT2D eigenvalue weighted by molar-refractivity contribution is -0.256.